The van der Waals surface area contributed by atoms with Crippen molar-refractivity contribution in [3.8, 4) is 0 Å². The van der Waals surface area contributed by atoms with Crippen LogP contribution in [0.2, 0.25) is 0 Å². The van der Waals surface area contributed by atoms with Gasteiger partial charge in [-0.25, -0.2) is 0 Å². The lowest BCUT2D eigenvalue weighted by Gasteiger charge is -2.26. The number of thiophene rings is 1. The van der Waals surface area contributed by atoms with Crippen molar-refractivity contribution in [2.24, 2.45) is 5.92 Å². The van der Waals surface area contributed by atoms with Crippen molar-refractivity contribution in [3.05, 3.63) is 21.9 Å². The van der Waals surface area contributed by atoms with Gasteiger partial charge in [0.2, 0.25) is 5.91 Å². The molecule has 2 heterocycles. The Morgan fingerprint density at radius 2 is 2.24 bits per heavy atom. The van der Waals surface area contributed by atoms with Gasteiger partial charge in [-0.15, -0.1) is 11.3 Å². The zero-order chi connectivity index (χ0) is 14.8. The number of hydrogen-bond acceptors (Lipinski definition) is 3. The first-order valence-electron chi connectivity index (χ1n) is 7.72. The quantitative estimate of drug-likeness (QED) is 0.930. The first-order valence-corrected chi connectivity index (χ1v) is 8.60. The molecule has 114 valence electrons. The van der Waals surface area contributed by atoms with Crippen LogP contribution in [0.25, 0.3) is 0 Å². The van der Waals surface area contributed by atoms with Crippen LogP contribution in [-0.4, -0.2) is 35.0 Å². The van der Waals surface area contributed by atoms with E-state index in [1.165, 1.54) is 10.4 Å². The van der Waals surface area contributed by atoms with Gasteiger partial charge in [0.15, 0.2) is 0 Å². The molecule has 1 fully saturated rings. The zero-order valence-electron chi connectivity index (χ0n) is 12.1. The number of hydrogen-bond donors (Lipinski definition) is 1. The minimum Gasteiger partial charge on any atom is -0.481 e. The van der Waals surface area contributed by atoms with Gasteiger partial charge in [-0.1, -0.05) is 0 Å². The van der Waals surface area contributed by atoms with E-state index >= 15 is 0 Å². The van der Waals surface area contributed by atoms with Crippen LogP contribution in [0.15, 0.2) is 11.4 Å². The summed E-state index contributed by atoms with van der Waals surface area (Å²) in [7, 11) is 0. The zero-order valence-corrected chi connectivity index (χ0v) is 12.9. The van der Waals surface area contributed by atoms with Gasteiger partial charge in [0, 0.05) is 24.4 Å². The number of rotatable bonds is 4. The number of aliphatic carboxylic acids is 1. The van der Waals surface area contributed by atoms with Crippen molar-refractivity contribution in [2.75, 3.05) is 13.1 Å². The summed E-state index contributed by atoms with van der Waals surface area (Å²) in [5.74, 6) is -0.0871. The second-order valence-corrected chi connectivity index (χ2v) is 7.12. The van der Waals surface area contributed by atoms with E-state index in [2.05, 4.69) is 11.4 Å². The molecule has 0 aromatic carbocycles. The molecule has 1 N–H and O–H groups in total. The molecule has 1 aromatic heterocycles. The SMILES string of the molecule is O=C(O)CCC1CCN(C(=O)C2CCCc3sccc32)C1. The Bertz CT molecular complexity index is 539. The van der Waals surface area contributed by atoms with Gasteiger partial charge in [0.25, 0.3) is 0 Å². The third-order valence-corrected chi connectivity index (χ3v) is 5.71. The molecule has 1 amide bonds. The first kappa shape index (κ1) is 14.6. The lowest BCUT2D eigenvalue weighted by Crippen LogP contribution is -2.34. The summed E-state index contributed by atoms with van der Waals surface area (Å²) in [4.78, 5) is 26.7. The average molecular weight is 307 g/mol. The van der Waals surface area contributed by atoms with Crippen LogP contribution >= 0.6 is 11.3 Å². The van der Waals surface area contributed by atoms with Gasteiger partial charge in [-0.2, -0.15) is 0 Å². The molecule has 0 radical (unpaired) electrons. The van der Waals surface area contributed by atoms with Gasteiger partial charge in [-0.05, 0) is 55.0 Å². The average Bonchev–Trinajstić information content (AvgIpc) is 3.12. The van der Waals surface area contributed by atoms with Crippen molar-refractivity contribution in [1.82, 2.24) is 4.90 Å². The molecule has 1 aliphatic heterocycles. The maximum atomic E-state index is 12.8. The molecule has 2 unspecified atom stereocenters. The number of carboxylic acid groups (broad SMARTS) is 1. The van der Waals surface area contributed by atoms with Gasteiger partial charge in [0.1, 0.15) is 0 Å². The Hall–Kier alpha value is -1.36. The van der Waals surface area contributed by atoms with Crippen molar-refractivity contribution < 1.29 is 14.7 Å². The highest BCUT2D eigenvalue weighted by Gasteiger charge is 2.34. The minimum absolute atomic E-state index is 0.0400. The topological polar surface area (TPSA) is 57.6 Å². The van der Waals surface area contributed by atoms with Crippen LogP contribution in [0.4, 0.5) is 0 Å². The molecular weight excluding hydrogens is 286 g/mol. The molecule has 5 heteroatoms. The molecule has 3 rings (SSSR count). The summed E-state index contributed by atoms with van der Waals surface area (Å²) < 4.78 is 0. The number of likely N-dealkylation sites (tertiary alicyclic amines) is 1. The minimum atomic E-state index is -0.741. The van der Waals surface area contributed by atoms with Crippen LogP contribution in [0.5, 0.6) is 0 Å². The first-order chi connectivity index (χ1) is 10.1. The molecule has 1 aliphatic carbocycles. The van der Waals surface area contributed by atoms with Crippen LogP contribution in [0.3, 0.4) is 0 Å². The molecule has 0 saturated carbocycles. The number of carbonyl (C=O) groups is 2. The Balaban J connectivity index is 1.61. The summed E-state index contributed by atoms with van der Waals surface area (Å²) in [6.07, 6.45) is 5.01. The Labute approximate surface area is 128 Å². The normalized spacial score (nSPS) is 24.9. The maximum Gasteiger partial charge on any atom is 0.303 e. The number of carbonyl (C=O) groups excluding carboxylic acids is 1. The largest absolute Gasteiger partial charge is 0.481 e. The molecular formula is C16H21NO3S. The lowest BCUT2D eigenvalue weighted by atomic mass is 9.87. The summed E-state index contributed by atoms with van der Waals surface area (Å²) in [6.45, 7) is 1.53. The molecule has 4 nitrogen and oxygen atoms in total. The highest BCUT2D eigenvalue weighted by molar-refractivity contribution is 7.10. The monoisotopic (exact) mass is 307 g/mol. The third kappa shape index (κ3) is 3.12. The van der Waals surface area contributed by atoms with Gasteiger partial charge >= 0.3 is 5.97 Å². The highest BCUT2D eigenvalue weighted by Crippen LogP contribution is 2.37. The fourth-order valence-electron chi connectivity index (χ4n) is 3.56. The second kappa shape index (κ2) is 6.18. The van der Waals surface area contributed by atoms with E-state index in [9.17, 15) is 9.59 Å². The smallest absolute Gasteiger partial charge is 0.303 e. The molecule has 2 atom stereocenters. The predicted molar refractivity (Wildman–Crippen MR) is 81.6 cm³/mol. The molecule has 0 bridgehead atoms. The van der Waals surface area contributed by atoms with E-state index < -0.39 is 5.97 Å². The predicted octanol–water partition coefficient (Wildman–Crippen LogP) is 2.88. The number of aryl methyl sites for hydroxylation is 1. The van der Waals surface area contributed by atoms with Crippen LogP contribution in [-0.2, 0) is 16.0 Å². The van der Waals surface area contributed by atoms with Crippen molar-refractivity contribution >= 4 is 23.2 Å². The lowest BCUT2D eigenvalue weighted by molar-refractivity contribution is -0.137. The summed E-state index contributed by atoms with van der Waals surface area (Å²) >= 11 is 1.76. The summed E-state index contributed by atoms with van der Waals surface area (Å²) in [6, 6.07) is 2.11. The molecule has 2 aliphatic rings. The van der Waals surface area contributed by atoms with E-state index in [4.69, 9.17) is 5.11 Å². The van der Waals surface area contributed by atoms with Gasteiger partial charge < -0.3 is 10.0 Å². The van der Waals surface area contributed by atoms with Crippen molar-refractivity contribution in [1.29, 1.82) is 0 Å². The number of nitrogens with zero attached hydrogens (tertiary/aromatic N) is 1. The maximum absolute atomic E-state index is 12.8. The second-order valence-electron chi connectivity index (χ2n) is 6.12. The molecule has 1 aromatic rings. The fraction of sp³-hybridized carbons (Fsp3) is 0.625. The van der Waals surface area contributed by atoms with E-state index in [-0.39, 0.29) is 18.2 Å². The highest BCUT2D eigenvalue weighted by atomic mass is 32.1. The van der Waals surface area contributed by atoms with E-state index in [0.29, 0.717) is 12.3 Å². The molecule has 0 spiro atoms. The molecule has 21 heavy (non-hydrogen) atoms. The number of carboxylic acids is 1. The number of amides is 1. The Morgan fingerprint density at radius 1 is 1.38 bits per heavy atom. The number of fused-ring (bicyclic) bond motifs is 1. The van der Waals surface area contributed by atoms with Crippen LogP contribution in [0, 0.1) is 5.92 Å². The molecule has 1 saturated heterocycles. The van der Waals surface area contributed by atoms with E-state index in [0.717, 1.165) is 38.8 Å². The van der Waals surface area contributed by atoms with Crippen LogP contribution < -0.4 is 0 Å². The standard InChI is InChI=1S/C16H21NO3S/c18-15(19)5-4-11-6-8-17(10-11)16(20)13-2-1-3-14-12(13)7-9-21-14/h7,9,11,13H,1-6,8,10H2,(H,18,19). The summed E-state index contributed by atoms with van der Waals surface area (Å²) in [5, 5.41) is 10.9. The fourth-order valence-corrected chi connectivity index (χ4v) is 4.55. The van der Waals surface area contributed by atoms with Gasteiger partial charge in [-0.3, -0.25) is 9.59 Å². The van der Waals surface area contributed by atoms with Crippen LogP contribution in [0.1, 0.15) is 48.5 Å². The third-order valence-electron chi connectivity index (χ3n) is 4.71. The Kier molecular flexibility index (Phi) is 4.29. The summed E-state index contributed by atoms with van der Waals surface area (Å²) in [5.41, 5.74) is 1.24. The van der Waals surface area contributed by atoms with Crippen molar-refractivity contribution in [2.45, 2.75) is 44.4 Å². The van der Waals surface area contributed by atoms with E-state index in [1.807, 2.05) is 4.90 Å². The van der Waals surface area contributed by atoms with Crippen molar-refractivity contribution in [3.63, 3.8) is 0 Å². The van der Waals surface area contributed by atoms with Gasteiger partial charge in [0.05, 0.1) is 5.92 Å². The Morgan fingerprint density at radius 3 is 3.05 bits per heavy atom. The van der Waals surface area contributed by atoms with E-state index in [1.54, 1.807) is 11.3 Å².